The molecule has 0 radical (unpaired) electrons. The average molecular weight is 820 g/mol. The van der Waals surface area contributed by atoms with Crippen molar-refractivity contribution in [2.45, 2.75) is 110 Å². The van der Waals surface area contributed by atoms with Gasteiger partial charge in [0.05, 0.1) is 32.0 Å². The van der Waals surface area contributed by atoms with Crippen LogP contribution in [0.15, 0.2) is 91.0 Å². The predicted molar refractivity (Wildman–Crippen MR) is 218 cm³/mol. The highest BCUT2D eigenvalue weighted by atomic mass is 16.6. The fraction of sp³-hybridized carbons (Fsp3) is 0.442. The predicted octanol–water partition coefficient (Wildman–Crippen LogP) is 4.36. The largest absolute Gasteiger partial charge is 0.480 e. The van der Waals surface area contributed by atoms with Crippen LogP contribution < -0.4 is 26.6 Å². The second kappa shape index (κ2) is 24.7. The Bertz CT molecular complexity index is 1770. The van der Waals surface area contributed by atoms with Crippen molar-refractivity contribution in [3.63, 3.8) is 0 Å². The highest BCUT2D eigenvalue weighted by Crippen LogP contribution is 2.12. The maximum Gasteiger partial charge on any atom is 0.408 e. The van der Waals surface area contributed by atoms with Gasteiger partial charge in [-0.3, -0.25) is 14.4 Å². The number of alkyl carbamates (subject to hydrolysis) is 2. The Hall–Kier alpha value is -6.00. The molecule has 0 saturated carbocycles. The minimum Gasteiger partial charge on any atom is -0.480 e. The van der Waals surface area contributed by atoms with Crippen molar-refractivity contribution in [3.8, 4) is 0 Å². The number of carboxylic acids is 1. The van der Waals surface area contributed by atoms with Crippen molar-refractivity contribution >= 4 is 35.9 Å². The summed E-state index contributed by atoms with van der Waals surface area (Å²) in [5.41, 5.74) is 1.60. The zero-order chi connectivity index (χ0) is 43.2. The first-order valence-electron chi connectivity index (χ1n) is 19.5. The Morgan fingerprint density at radius 3 is 1.63 bits per heavy atom. The number of carboxylic acid groups (broad SMARTS) is 1. The normalized spacial score (nSPS) is 13.6. The molecule has 16 heteroatoms. The van der Waals surface area contributed by atoms with E-state index < -0.39 is 78.4 Å². The molecule has 0 aliphatic rings. The van der Waals surface area contributed by atoms with Crippen molar-refractivity contribution in [2.24, 2.45) is 0 Å². The van der Waals surface area contributed by atoms with Gasteiger partial charge in [-0.05, 0) is 70.6 Å². The second-order valence-electron chi connectivity index (χ2n) is 14.8. The third kappa shape index (κ3) is 18.9. The van der Waals surface area contributed by atoms with E-state index in [-0.39, 0.29) is 32.8 Å². The van der Waals surface area contributed by atoms with Crippen LogP contribution in [0.2, 0.25) is 0 Å². The van der Waals surface area contributed by atoms with E-state index in [4.69, 9.17) is 18.9 Å². The summed E-state index contributed by atoms with van der Waals surface area (Å²) in [6.07, 6.45) is -2.58. The molecule has 0 aliphatic heterocycles. The number of rotatable bonds is 23. The molecule has 0 saturated heterocycles. The van der Waals surface area contributed by atoms with E-state index in [1.54, 1.807) is 27.7 Å². The van der Waals surface area contributed by atoms with E-state index >= 15 is 0 Å². The summed E-state index contributed by atoms with van der Waals surface area (Å²) >= 11 is 0. The van der Waals surface area contributed by atoms with Gasteiger partial charge in [0.2, 0.25) is 17.7 Å². The molecule has 0 spiro atoms. The van der Waals surface area contributed by atoms with Crippen LogP contribution in [-0.2, 0) is 57.9 Å². The van der Waals surface area contributed by atoms with Crippen LogP contribution in [0.3, 0.4) is 0 Å². The van der Waals surface area contributed by atoms with Crippen LogP contribution in [0.1, 0.15) is 70.6 Å². The van der Waals surface area contributed by atoms with Crippen LogP contribution >= 0.6 is 0 Å². The van der Waals surface area contributed by atoms with E-state index in [0.717, 1.165) is 16.7 Å². The Balaban J connectivity index is 1.65. The molecule has 0 unspecified atom stereocenters. The van der Waals surface area contributed by atoms with Crippen LogP contribution in [0.4, 0.5) is 9.59 Å². The van der Waals surface area contributed by atoms with E-state index in [1.165, 1.54) is 6.92 Å². The number of amides is 5. The minimum atomic E-state index is -1.47. The quantitative estimate of drug-likeness (QED) is 0.0739. The van der Waals surface area contributed by atoms with Crippen LogP contribution in [-0.4, -0.2) is 90.0 Å². The lowest BCUT2D eigenvalue weighted by molar-refractivity contribution is -0.147. The molecule has 0 heterocycles. The maximum absolute atomic E-state index is 13.6. The topological polar surface area (TPSA) is 220 Å². The summed E-state index contributed by atoms with van der Waals surface area (Å²) < 4.78 is 22.2. The molecule has 0 aromatic heterocycles. The van der Waals surface area contributed by atoms with E-state index in [2.05, 4.69) is 26.6 Å². The Morgan fingerprint density at radius 2 is 1.12 bits per heavy atom. The van der Waals surface area contributed by atoms with Gasteiger partial charge in [0.25, 0.3) is 0 Å². The molecule has 0 fully saturated rings. The number of benzene rings is 3. The van der Waals surface area contributed by atoms with Crippen molar-refractivity contribution < 1.29 is 52.8 Å². The second-order valence-corrected chi connectivity index (χ2v) is 14.8. The number of nitrogens with one attached hydrogen (secondary N) is 5. The highest BCUT2D eigenvalue weighted by molar-refractivity contribution is 5.93. The monoisotopic (exact) mass is 819 g/mol. The molecule has 320 valence electrons. The lowest BCUT2D eigenvalue weighted by Crippen LogP contribution is -2.57. The molecule has 3 rings (SSSR count). The number of ether oxygens (including phenoxy) is 4. The summed E-state index contributed by atoms with van der Waals surface area (Å²) in [5.74, 6) is -3.67. The van der Waals surface area contributed by atoms with Gasteiger partial charge in [0.15, 0.2) is 6.04 Å². The minimum absolute atomic E-state index is 0.0467. The van der Waals surface area contributed by atoms with E-state index in [0.29, 0.717) is 12.8 Å². The molecule has 5 amide bonds. The summed E-state index contributed by atoms with van der Waals surface area (Å²) in [7, 11) is 0. The van der Waals surface area contributed by atoms with Gasteiger partial charge >= 0.3 is 18.2 Å². The Labute approximate surface area is 345 Å². The number of hydrogen-bond donors (Lipinski definition) is 6. The zero-order valence-corrected chi connectivity index (χ0v) is 34.2. The van der Waals surface area contributed by atoms with E-state index in [1.807, 2.05) is 91.0 Å². The fourth-order valence-electron chi connectivity index (χ4n) is 5.49. The van der Waals surface area contributed by atoms with Crippen molar-refractivity contribution in [2.75, 3.05) is 13.1 Å². The average Bonchev–Trinajstić information content (AvgIpc) is 3.21. The van der Waals surface area contributed by atoms with Gasteiger partial charge in [-0.15, -0.1) is 0 Å². The van der Waals surface area contributed by atoms with Crippen molar-refractivity contribution in [1.29, 1.82) is 0 Å². The molecule has 3 aromatic rings. The Kier molecular flexibility index (Phi) is 19.8. The van der Waals surface area contributed by atoms with Gasteiger partial charge in [-0.2, -0.15) is 0 Å². The molecule has 0 bridgehead atoms. The van der Waals surface area contributed by atoms with Crippen LogP contribution in [0, 0.1) is 0 Å². The van der Waals surface area contributed by atoms with Gasteiger partial charge in [-0.1, -0.05) is 91.0 Å². The lowest BCUT2D eigenvalue weighted by atomic mass is 10.1. The molecule has 5 atom stereocenters. The van der Waals surface area contributed by atoms with Crippen molar-refractivity contribution in [1.82, 2.24) is 26.6 Å². The maximum atomic E-state index is 13.6. The Morgan fingerprint density at radius 1 is 0.610 bits per heavy atom. The molecular weight excluding hydrogens is 762 g/mol. The van der Waals surface area contributed by atoms with Gasteiger partial charge in [0.1, 0.15) is 24.3 Å². The molecule has 0 aliphatic carbocycles. The summed E-state index contributed by atoms with van der Waals surface area (Å²) in [6.45, 7) is 8.03. The lowest BCUT2D eigenvalue weighted by Gasteiger charge is -2.27. The summed E-state index contributed by atoms with van der Waals surface area (Å²) in [6, 6.07) is 23.5. The first kappa shape index (κ1) is 47.4. The molecule has 59 heavy (non-hydrogen) atoms. The molecule has 16 nitrogen and oxygen atoms in total. The number of carbonyl (C=O) groups excluding carboxylic acids is 5. The van der Waals surface area contributed by atoms with Crippen LogP contribution in [0.5, 0.6) is 0 Å². The van der Waals surface area contributed by atoms with Gasteiger partial charge < -0.3 is 50.6 Å². The first-order valence-corrected chi connectivity index (χ1v) is 19.5. The van der Waals surface area contributed by atoms with E-state index in [9.17, 15) is 33.9 Å². The standard InChI is InChI=1S/C43H57N5O11/c1-29(56-26-31-17-9-6-10-18-31)36(48-42(55)59-43(3,4)5)39(51)45-25-35(49)46-34(23-15-16-24-44-41(54)58-28-33-21-13-8-14-22-33)38(50)47-37(40(52)53)30(2)57-27-32-19-11-7-12-20-32/h6-14,17-22,29-30,34,36-37H,15-16,23-28H2,1-5H3,(H,44,54)(H,45,51)(H,46,49)(H,47,50)(H,48,55)(H,52,53)/t29-,30-,34+,36+,37+/m1/s1. The fourth-order valence-corrected chi connectivity index (χ4v) is 5.49. The van der Waals surface area contributed by atoms with Crippen molar-refractivity contribution in [3.05, 3.63) is 108 Å². The van der Waals surface area contributed by atoms with Crippen LogP contribution in [0.25, 0.3) is 0 Å². The number of carbonyl (C=O) groups is 6. The van der Waals surface area contributed by atoms with Gasteiger partial charge in [-0.25, -0.2) is 14.4 Å². The number of hydrogen-bond acceptors (Lipinski definition) is 10. The molecule has 3 aromatic carbocycles. The SMILES string of the molecule is C[C@@H](OCc1ccccc1)[C@H](NC(=O)[C@H](CCCCNC(=O)OCc1ccccc1)NC(=O)CNC(=O)[C@@H](NC(=O)OC(C)(C)C)[C@@H](C)OCc1ccccc1)C(=O)O. The first-order chi connectivity index (χ1) is 28.1. The number of unbranched alkanes of at least 4 members (excludes halogenated alkanes) is 1. The molecular formula is C43H57N5O11. The number of aliphatic carboxylic acids is 1. The third-order valence-electron chi connectivity index (χ3n) is 8.65. The zero-order valence-electron chi connectivity index (χ0n) is 34.2. The highest BCUT2D eigenvalue weighted by Gasteiger charge is 2.33. The summed E-state index contributed by atoms with van der Waals surface area (Å²) in [4.78, 5) is 77.6. The van der Waals surface area contributed by atoms with Gasteiger partial charge in [0, 0.05) is 6.54 Å². The summed E-state index contributed by atoms with van der Waals surface area (Å²) in [5, 5.41) is 22.7. The smallest absolute Gasteiger partial charge is 0.408 e. The third-order valence-corrected chi connectivity index (χ3v) is 8.65. The molecule has 6 N–H and O–H groups in total.